The van der Waals surface area contributed by atoms with Crippen molar-refractivity contribution >= 4 is 5.97 Å². The van der Waals surface area contributed by atoms with E-state index < -0.39 is 0 Å². The van der Waals surface area contributed by atoms with Crippen molar-refractivity contribution in [3.63, 3.8) is 0 Å². The molecule has 0 aromatic carbocycles. The SMILES string of the molecule is CC1=C2CC3(C)C(=CCC(O)C3C)C=C2OC1=O. The Kier molecular flexibility index (Phi) is 2.33. The first kappa shape index (κ1) is 11.7. The summed E-state index contributed by atoms with van der Waals surface area (Å²) in [6, 6.07) is 0. The Bertz CT molecular complexity index is 524. The number of hydrogen-bond acceptors (Lipinski definition) is 3. The molecule has 0 aromatic rings. The summed E-state index contributed by atoms with van der Waals surface area (Å²) in [5, 5.41) is 10.1. The van der Waals surface area contributed by atoms with Crippen LogP contribution in [0.15, 0.2) is 34.6 Å². The van der Waals surface area contributed by atoms with Gasteiger partial charge in [0.2, 0.25) is 0 Å². The summed E-state index contributed by atoms with van der Waals surface area (Å²) in [5.41, 5.74) is 2.84. The maximum atomic E-state index is 11.6. The number of rotatable bonds is 0. The highest BCUT2D eigenvalue weighted by Gasteiger charge is 2.46. The number of allylic oxidation sites excluding steroid dienone is 3. The van der Waals surface area contributed by atoms with E-state index in [9.17, 15) is 9.90 Å². The molecule has 1 N–H and O–H groups in total. The van der Waals surface area contributed by atoms with Gasteiger partial charge >= 0.3 is 5.97 Å². The van der Waals surface area contributed by atoms with Gasteiger partial charge in [0.05, 0.1) is 6.10 Å². The summed E-state index contributed by atoms with van der Waals surface area (Å²) in [5.74, 6) is 0.670. The fourth-order valence-electron chi connectivity index (χ4n) is 3.25. The number of fused-ring (bicyclic) bond motifs is 2. The summed E-state index contributed by atoms with van der Waals surface area (Å²) >= 11 is 0. The van der Waals surface area contributed by atoms with Crippen LogP contribution in [0.3, 0.4) is 0 Å². The molecule has 0 saturated heterocycles. The van der Waals surface area contributed by atoms with Gasteiger partial charge in [-0.25, -0.2) is 4.79 Å². The first-order valence-electron chi connectivity index (χ1n) is 6.46. The molecule has 1 heterocycles. The Morgan fingerprint density at radius 1 is 1.50 bits per heavy atom. The molecule has 2 aliphatic carbocycles. The van der Waals surface area contributed by atoms with Gasteiger partial charge in [0, 0.05) is 16.6 Å². The van der Waals surface area contributed by atoms with Crippen molar-refractivity contribution in [2.75, 3.05) is 0 Å². The van der Waals surface area contributed by atoms with Gasteiger partial charge < -0.3 is 9.84 Å². The van der Waals surface area contributed by atoms with Gasteiger partial charge in [0.25, 0.3) is 0 Å². The van der Waals surface area contributed by atoms with Crippen molar-refractivity contribution in [2.45, 2.75) is 39.7 Å². The molecule has 0 saturated carbocycles. The Labute approximate surface area is 107 Å². The van der Waals surface area contributed by atoms with E-state index in [2.05, 4.69) is 19.9 Å². The molecular weight excluding hydrogens is 228 g/mol. The van der Waals surface area contributed by atoms with E-state index in [1.165, 1.54) is 5.57 Å². The molecule has 0 bridgehead atoms. The second kappa shape index (κ2) is 3.58. The minimum Gasteiger partial charge on any atom is -0.423 e. The lowest BCUT2D eigenvalue weighted by molar-refractivity contribution is -0.133. The minimum absolute atomic E-state index is 0.0915. The van der Waals surface area contributed by atoms with Crippen LogP contribution in [0.1, 0.15) is 33.6 Å². The van der Waals surface area contributed by atoms with E-state index in [1.54, 1.807) is 0 Å². The van der Waals surface area contributed by atoms with Crippen LogP contribution in [0.4, 0.5) is 0 Å². The maximum absolute atomic E-state index is 11.6. The molecule has 0 aromatic heterocycles. The van der Waals surface area contributed by atoms with Crippen molar-refractivity contribution in [3.8, 4) is 0 Å². The molecule has 3 aliphatic rings. The fraction of sp³-hybridized carbons (Fsp3) is 0.533. The van der Waals surface area contributed by atoms with Crippen LogP contribution >= 0.6 is 0 Å². The number of carbonyl (C=O) groups excluding carboxylic acids is 1. The first-order valence-corrected chi connectivity index (χ1v) is 6.46. The second-order valence-corrected chi connectivity index (χ2v) is 5.85. The molecule has 0 spiro atoms. The normalized spacial score (nSPS) is 38.8. The van der Waals surface area contributed by atoms with Crippen LogP contribution in [0.5, 0.6) is 0 Å². The zero-order chi connectivity index (χ0) is 13.1. The van der Waals surface area contributed by atoms with E-state index in [4.69, 9.17) is 4.74 Å². The van der Waals surface area contributed by atoms with E-state index >= 15 is 0 Å². The third-order valence-electron chi connectivity index (χ3n) is 4.91. The first-order chi connectivity index (χ1) is 8.43. The maximum Gasteiger partial charge on any atom is 0.339 e. The molecule has 96 valence electrons. The van der Waals surface area contributed by atoms with E-state index in [0.717, 1.165) is 12.0 Å². The number of aliphatic hydroxyl groups excluding tert-OH is 1. The predicted molar refractivity (Wildman–Crippen MR) is 67.5 cm³/mol. The van der Waals surface area contributed by atoms with Crippen molar-refractivity contribution in [1.29, 1.82) is 0 Å². The average Bonchev–Trinajstić information content (AvgIpc) is 2.60. The van der Waals surface area contributed by atoms with Crippen LogP contribution in [-0.2, 0) is 9.53 Å². The molecule has 3 atom stereocenters. The summed E-state index contributed by atoms with van der Waals surface area (Å²) in [6.07, 6.45) is 5.22. The summed E-state index contributed by atoms with van der Waals surface area (Å²) < 4.78 is 5.28. The van der Waals surface area contributed by atoms with Crippen molar-refractivity contribution in [1.82, 2.24) is 0 Å². The standard InChI is InChI=1S/C15H18O3/c1-8-11-7-15(3)9(2)12(16)5-4-10(15)6-13(11)18-14(8)17/h4,6,9,12,16H,5,7H2,1-3H3. The Hall–Kier alpha value is -1.35. The number of ether oxygens (including phenoxy) is 1. The molecule has 0 fully saturated rings. The highest BCUT2D eigenvalue weighted by Crippen LogP contribution is 2.53. The van der Waals surface area contributed by atoms with Crippen LogP contribution in [0, 0.1) is 11.3 Å². The molecule has 3 unspecified atom stereocenters. The zero-order valence-corrected chi connectivity index (χ0v) is 11.0. The van der Waals surface area contributed by atoms with Crippen LogP contribution in [0.25, 0.3) is 0 Å². The van der Waals surface area contributed by atoms with Crippen LogP contribution < -0.4 is 0 Å². The average molecular weight is 246 g/mol. The predicted octanol–water partition coefficient (Wildman–Crippen LogP) is 2.48. The Balaban J connectivity index is 2.13. The van der Waals surface area contributed by atoms with E-state index in [-0.39, 0.29) is 23.4 Å². The van der Waals surface area contributed by atoms with Gasteiger partial charge in [0.1, 0.15) is 5.76 Å². The van der Waals surface area contributed by atoms with E-state index in [1.807, 2.05) is 13.0 Å². The molecule has 1 aliphatic heterocycles. The molecule has 0 amide bonds. The second-order valence-electron chi connectivity index (χ2n) is 5.85. The monoisotopic (exact) mass is 246 g/mol. The third-order valence-corrected chi connectivity index (χ3v) is 4.91. The Morgan fingerprint density at radius 2 is 2.22 bits per heavy atom. The quantitative estimate of drug-likeness (QED) is 0.668. The highest BCUT2D eigenvalue weighted by atomic mass is 16.5. The zero-order valence-electron chi connectivity index (χ0n) is 11.0. The van der Waals surface area contributed by atoms with Crippen molar-refractivity contribution in [3.05, 3.63) is 34.6 Å². The topological polar surface area (TPSA) is 46.5 Å². The van der Waals surface area contributed by atoms with Gasteiger partial charge in [-0.2, -0.15) is 0 Å². The van der Waals surface area contributed by atoms with Gasteiger partial charge in [0.15, 0.2) is 0 Å². The van der Waals surface area contributed by atoms with Crippen molar-refractivity contribution in [2.24, 2.45) is 11.3 Å². The van der Waals surface area contributed by atoms with E-state index in [0.29, 0.717) is 17.8 Å². The molecule has 18 heavy (non-hydrogen) atoms. The van der Waals surface area contributed by atoms with Crippen LogP contribution in [-0.4, -0.2) is 17.2 Å². The lowest BCUT2D eigenvalue weighted by Gasteiger charge is -2.45. The summed E-state index contributed by atoms with van der Waals surface area (Å²) in [4.78, 5) is 11.6. The van der Waals surface area contributed by atoms with Gasteiger partial charge in [-0.1, -0.05) is 19.9 Å². The number of esters is 1. The molecule has 3 nitrogen and oxygen atoms in total. The highest BCUT2D eigenvalue weighted by molar-refractivity contribution is 5.94. The molecule has 0 radical (unpaired) electrons. The van der Waals surface area contributed by atoms with Crippen molar-refractivity contribution < 1.29 is 14.6 Å². The lowest BCUT2D eigenvalue weighted by Crippen LogP contribution is -2.40. The summed E-state index contributed by atoms with van der Waals surface area (Å²) in [6.45, 7) is 6.08. The van der Waals surface area contributed by atoms with Gasteiger partial charge in [-0.05, 0) is 37.3 Å². The number of hydrogen-bond donors (Lipinski definition) is 1. The molecular formula is C15H18O3. The number of aliphatic hydroxyl groups is 1. The third kappa shape index (κ3) is 1.37. The smallest absolute Gasteiger partial charge is 0.339 e. The lowest BCUT2D eigenvalue weighted by atomic mass is 9.60. The van der Waals surface area contributed by atoms with Gasteiger partial charge in [-0.15, -0.1) is 0 Å². The fourth-order valence-corrected chi connectivity index (χ4v) is 3.25. The molecule has 3 heteroatoms. The van der Waals surface area contributed by atoms with Gasteiger partial charge in [-0.3, -0.25) is 0 Å². The minimum atomic E-state index is -0.298. The van der Waals surface area contributed by atoms with Crippen LogP contribution in [0.2, 0.25) is 0 Å². The molecule has 3 rings (SSSR count). The number of carbonyl (C=O) groups is 1. The summed E-state index contributed by atoms with van der Waals surface area (Å²) in [7, 11) is 0. The Morgan fingerprint density at radius 3 is 2.94 bits per heavy atom. The largest absolute Gasteiger partial charge is 0.423 e.